The van der Waals surface area contributed by atoms with Crippen molar-refractivity contribution < 1.29 is 28.5 Å². The van der Waals surface area contributed by atoms with Crippen molar-refractivity contribution in [3.05, 3.63) is 71.8 Å². The molecule has 206 valence electrons. The van der Waals surface area contributed by atoms with Gasteiger partial charge in [-0.25, -0.2) is 0 Å². The molecule has 1 N–H and O–H groups in total. The van der Waals surface area contributed by atoms with Crippen LogP contribution in [0.1, 0.15) is 50.0 Å². The van der Waals surface area contributed by atoms with Crippen molar-refractivity contribution in [3.8, 4) is 23.0 Å². The third kappa shape index (κ3) is 6.63. The van der Waals surface area contributed by atoms with E-state index in [1.54, 1.807) is 42.2 Å². The average Bonchev–Trinajstić information content (AvgIpc) is 2.93. The Bertz CT molecular complexity index is 1270. The lowest BCUT2D eigenvalue weighted by molar-refractivity contribution is -0.125. The Morgan fingerprint density at radius 2 is 1.59 bits per heavy atom. The molecule has 4 rings (SSSR count). The zero-order valence-electron chi connectivity index (χ0n) is 23.0. The van der Waals surface area contributed by atoms with Crippen molar-refractivity contribution in [3.63, 3.8) is 0 Å². The maximum Gasteiger partial charge on any atom is 0.267 e. The second kappa shape index (κ2) is 13.0. The molecule has 1 unspecified atom stereocenters. The van der Waals surface area contributed by atoms with Gasteiger partial charge in [0.1, 0.15) is 5.75 Å². The molecule has 0 bridgehead atoms. The number of nitrogens with zero attached hydrogens (tertiary/aromatic N) is 1. The van der Waals surface area contributed by atoms with Crippen LogP contribution in [0.15, 0.2) is 60.7 Å². The molecule has 3 aromatic carbocycles. The van der Waals surface area contributed by atoms with Gasteiger partial charge in [-0.3, -0.25) is 9.59 Å². The predicted octanol–water partition coefficient (Wildman–Crippen LogP) is 5.88. The summed E-state index contributed by atoms with van der Waals surface area (Å²) in [5.74, 6) is 1.53. The number of fused-ring (bicyclic) bond motifs is 1. The van der Waals surface area contributed by atoms with Gasteiger partial charge in [0.25, 0.3) is 11.8 Å². The second-order valence-electron chi connectivity index (χ2n) is 9.08. The fourth-order valence-electron chi connectivity index (χ4n) is 4.52. The molecule has 2 amide bonds. The third-order valence-corrected chi connectivity index (χ3v) is 6.29. The topological polar surface area (TPSA) is 86.3 Å². The number of carbonyl (C=O) groups is 2. The van der Waals surface area contributed by atoms with Crippen LogP contribution >= 0.6 is 0 Å². The minimum atomic E-state index is -0.576. The molecule has 1 aliphatic rings. The van der Waals surface area contributed by atoms with Crippen molar-refractivity contribution in [1.82, 2.24) is 0 Å². The van der Waals surface area contributed by atoms with Crippen molar-refractivity contribution in [2.75, 3.05) is 36.6 Å². The van der Waals surface area contributed by atoms with E-state index < -0.39 is 6.10 Å². The van der Waals surface area contributed by atoms with Crippen LogP contribution in [0.2, 0.25) is 0 Å². The first-order valence-electron chi connectivity index (χ1n) is 13.5. The molecule has 8 nitrogen and oxygen atoms in total. The van der Waals surface area contributed by atoms with Crippen molar-refractivity contribution in [1.29, 1.82) is 0 Å². The van der Waals surface area contributed by atoms with Gasteiger partial charge in [0.15, 0.2) is 17.6 Å². The van der Waals surface area contributed by atoms with Gasteiger partial charge in [0.2, 0.25) is 5.75 Å². The van der Waals surface area contributed by atoms with E-state index >= 15 is 0 Å². The van der Waals surface area contributed by atoms with E-state index in [0.29, 0.717) is 66.3 Å². The monoisotopic (exact) mass is 532 g/mol. The molecule has 1 heterocycles. The molecule has 0 saturated carbocycles. The minimum absolute atomic E-state index is 0.103. The molecule has 39 heavy (non-hydrogen) atoms. The van der Waals surface area contributed by atoms with Crippen LogP contribution in [0.25, 0.3) is 0 Å². The van der Waals surface area contributed by atoms with Crippen LogP contribution in [0.3, 0.4) is 0 Å². The first-order valence-corrected chi connectivity index (χ1v) is 13.5. The number of carbonyl (C=O) groups excluding carboxylic acids is 2. The maximum atomic E-state index is 13.3. The van der Waals surface area contributed by atoms with Crippen molar-refractivity contribution in [2.24, 2.45) is 0 Å². The molecule has 1 aliphatic heterocycles. The van der Waals surface area contributed by atoms with E-state index in [9.17, 15) is 9.59 Å². The largest absolute Gasteiger partial charge is 0.490 e. The highest BCUT2D eigenvalue weighted by atomic mass is 16.5. The Hall–Kier alpha value is -4.20. The fraction of sp³-hybridized carbons (Fsp3) is 0.355. The average molecular weight is 533 g/mol. The highest BCUT2D eigenvalue weighted by Crippen LogP contribution is 2.40. The normalized spacial score (nSPS) is 14.3. The summed E-state index contributed by atoms with van der Waals surface area (Å²) in [6.45, 7) is 9.16. The first kappa shape index (κ1) is 27.8. The van der Waals surface area contributed by atoms with Crippen LogP contribution in [0, 0.1) is 0 Å². The molecule has 3 aromatic rings. The van der Waals surface area contributed by atoms with E-state index in [-0.39, 0.29) is 11.8 Å². The fourth-order valence-corrected chi connectivity index (χ4v) is 4.52. The summed E-state index contributed by atoms with van der Waals surface area (Å²) in [7, 11) is 0. The Balaban J connectivity index is 1.56. The number of hydrogen-bond donors (Lipinski definition) is 1. The number of amides is 2. The summed E-state index contributed by atoms with van der Waals surface area (Å²) in [6.07, 6.45) is 1.08. The number of rotatable bonds is 12. The number of hydrogen-bond acceptors (Lipinski definition) is 6. The highest BCUT2D eigenvalue weighted by Gasteiger charge is 2.31. The van der Waals surface area contributed by atoms with Crippen molar-refractivity contribution in [2.45, 2.75) is 46.6 Å². The van der Waals surface area contributed by atoms with Gasteiger partial charge >= 0.3 is 0 Å². The van der Waals surface area contributed by atoms with E-state index in [1.807, 2.05) is 39.0 Å². The molecular weight excluding hydrogens is 496 g/mol. The molecule has 1 atom stereocenters. The van der Waals surface area contributed by atoms with Crippen LogP contribution in [0.5, 0.6) is 23.0 Å². The molecule has 0 fully saturated rings. The smallest absolute Gasteiger partial charge is 0.267 e. The van der Waals surface area contributed by atoms with Crippen LogP contribution in [0.4, 0.5) is 11.4 Å². The van der Waals surface area contributed by atoms with Crippen LogP contribution < -0.4 is 29.2 Å². The SMILES string of the molecule is CCOc1cc(C(=O)Nc2ccc3c(c2)N(CCCc2ccccc2)C(=O)C(C)O3)cc(OCC)c1OCC. The lowest BCUT2D eigenvalue weighted by atomic mass is 10.1. The van der Waals surface area contributed by atoms with Gasteiger partial charge in [-0.2, -0.15) is 0 Å². The third-order valence-electron chi connectivity index (χ3n) is 6.29. The van der Waals surface area contributed by atoms with E-state index in [1.165, 1.54) is 5.56 Å². The molecule has 8 heteroatoms. The molecule has 0 aliphatic carbocycles. The van der Waals surface area contributed by atoms with Gasteiger partial charge in [-0.1, -0.05) is 30.3 Å². The summed E-state index contributed by atoms with van der Waals surface area (Å²) in [5.41, 5.74) is 2.77. The van der Waals surface area contributed by atoms with Gasteiger partial charge in [-0.05, 0) is 76.4 Å². The summed E-state index contributed by atoms with van der Waals surface area (Å²) in [4.78, 5) is 28.1. The molecule has 0 radical (unpaired) electrons. The van der Waals surface area contributed by atoms with Gasteiger partial charge in [0.05, 0.1) is 25.5 Å². The lowest BCUT2D eigenvalue weighted by Crippen LogP contribution is -2.45. The Labute approximate surface area is 229 Å². The number of nitrogens with one attached hydrogen (secondary N) is 1. The predicted molar refractivity (Wildman–Crippen MR) is 152 cm³/mol. The van der Waals surface area contributed by atoms with E-state index in [4.69, 9.17) is 18.9 Å². The molecule has 0 saturated heterocycles. The Morgan fingerprint density at radius 1 is 0.923 bits per heavy atom. The Kier molecular flexibility index (Phi) is 9.31. The first-order chi connectivity index (χ1) is 18.9. The number of anilines is 2. The summed E-state index contributed by atoms with van der Waals surface area (Å²) >= 11 is 0. The minimum Gasteiger partial charge on any atom is -0.490 e. The van der Waals surface area contributed by atoms with Crippen LogP contribution in [-0.4, -0.2) is 44.3 Å². The quantitative estimate of drug-likeness (QED) is 0.313. The summed E-state index contributed by atoms with van der Waals surface area (Å²) in [6, 6.07) is 18.8. The van der Waals surface area contributed by atoms with Gasteiger partial charge in [-0.15, -0.1) is 0 Å². The molecular formula is C31H36N2O6. The molecule has 0 spiro atoms. The van der Waals surface area contributed by atoms with E-state index in [0.717, 1.165) is 12.8 Å². The Morgan fingerprint density at radius 3 is 2.23 bits per heavy atom. The number of benzene rings is 3. The molecule has 0 aromatic heterocycles. The van der Waals surface area contributed by atoms with Crippen LogP contribution in [-0.2, 0) is 11.2 Å². The standard InChI is InChI=1S/C31H36N2O6/c1-5-36-27-18-23(19-28(37-6-2)29(27)38-7-3)30(34)32-24-15-16-26-25(20-24)33(31(35)21(4)39-26)17-11-14-22-12-9-8-10-13-22/h8-10,12-13,15-16,18-21H,5-7,11,14,17H2,1-4H3,(H,32,34). The van der Waals surface area contributed by atoms with Crippen molar-refractivity contribution >= 4 is 23.2 Å². The maximum absolute atomic E-state index is 13.3. The van der Waals surface area contributed by atoms with Gasteiger partial charge < -0.3 is 29.2 Å². The lowest BCUT2D eigenvalue weighted by Gasteiger charge is -2.33. The number of aryl methyl sites for hydroxylation is 1. The second-order valence-corrected chi connectivity index (χ2v) is 9.08. The highest BCUT2D eigenvalue weighted by molar-refractivity contribution is 6.06. The van der Waals surface area contributed by atoms with Gasteiger partial charge in [0, 0.05) is 17.8 Å². The number of ether oxygens (including phenoxy) is 4. The zero-order chi connectivity index (χ0) is 27.8. The summed E-state index contributed by atoms with van der Waals surface area (Å²) in [5, 5.41) is 2.94. The van der Waals surface area contributed by atoms with E-state index in [2.05, 4.69) is 17.4 Å². The zero-order valence-corrected chi connectivity index (χ0v) is 23.0. The summed E-state index contributed by atoms with van der Waals surface area (Å²) < 4.78 is 23.1.